The zero-order chi connectivity index (χ0) is 23.3. The second-order valence-electron chi connectivity index (χ2n) is 6.95. The summed E-state index contributed by atoms with van der Waals surface area (Å²) in [7, 11) is 0. The normalized spacial score (nSPS) is 14.8. The summed E-state index contributed by atoms with van der Waals surface area (Å²) in [5.74, 6) is -2.23. The highest BCUT2D eigenvalue weighted by Crippen LogP contribution is 2.31. The Labute approximate surface area is 186 Å². The number of nitrogens with one attached hydrogen (secondary N) is 1. The van der Waals surface area contributed by atoms with E-state index in [1.807, 2.05) is 9.80 Å². The number of carbonyl (C=O) groups is 3. The van der Waals surface area contributed by atoms with E-state index in [-0.39, 0.29) is 29.9 Å². The molecule has 2 aromatic rings. The van der Waals surface area contributed by atoms with E-state index in [9.17, 15) is 27.6 Å². The number of thiazole rings is 1. The van der Waals surface area contributed by atoms with E-state index in [1.54, 1.807) is 13.0 Å². The van der Waals surface area contributed by atoms with Crippen LogP contribution in [-0.2, 0) is 20.5 Å². The monoisotopic (exact) mass is 470 g/mol. The number of halogens is 3. The number of amides is 1. The van der Waals surface area contributed by atoms with Crippen LogP contribution in [0.15, 0.2) is 29.6 Å². The molecule has 1 aromatic heterocycles. The predicted molar refractivity (Wildman–Crippen MR) is 112 cm³/mol. The number of hydrogen-bond acceptors (Lipinski definition) is 8. The van der Waals surface area contributed by atoms with Crippen molar-refractivity contribution in [1.82, 2.24) is 9.88 Å². The smallest absolute Gasteiger partial charge is 0.416 e. The lowest BCUT2D eigenvalue weighted by atomic mass is 10.1. The Morgan fingerprint density at radius 2 is 1.91 bits per heavy atom. The number of ketones is 1. The molecule has 32 heavy (non-hydrogen) atoms. The number of Topliss-reactive ketones (excluding diaryl/α,β-unsaturated/α-hetero) is 1. The van der Waals surface area contributed by atoms with Crippen molar-refractivity contribution in [2.45, 2.75) is 13.1 Å². The molecule has 8 nitrogen and oxygen atoms in total. The van der Waals surface area contributed by atoms with Crippen LogP contribution in [0.1, 0.15) is 23.0 Å². The Hall–Kier alpha value is -2.99. The van der Waals surface area contributed by atoms with Gasteiger partial charge in [0.25, 0.3) is 5.78 Å². The average molecular weight is 470 g/mol. The van der Waals surface area contributed by atoms with E-state index in [0.29, 0.717) is 31.9 Å². The van der Waals surface area contributed by atoms with Crippen molar-refractivity contribution in [3.63, 3.8) is 0 Å². The number of rotatable bonds is 7. The number of aromatic nitrogens is 1. The molecule has 0 aliphatic carbocycles. The highest BCUT2D eigenvalue weighted by Gasteiger charge is 2.31. The molecule has 3 rings (SSSR count). The predicted octanol–water partition coefficient (Wildman–Crippen LogP) is 2.67. The number of piperazine rings is 1. The van der Waals surface area contributed by atoms with Crippen LogP contribution in [0.4, 0.5) is 24.0 Å². The minimum absolute atomic E-state index is 0.0666. The summed E-state index contributed by atoms with van der Waals surface area (Å²) >= 11 is 1.01. The molecule has 1 aliphatic rings. The lowest BCUT2D eigenvalue weighted by Crippen LogP contribution is -2.48. The first-order valence-electron chi connectivity index (χ1n) is 9.78. The second-order valence-corrected chi connectivity index (χ2v) is 7.81. The van der Waals surface area contributed by atoms with E-state index in [1.165, 1.54) is 11.4 Å². The molecule has 12 heteroatoms. The number of ether oxygens (including phenoxy) is 1. The third-order valence-corrected chi connectivity index (χ3v) is 5.48. The molecule has 0 unspecified atom stereocenters. The summed E-state index contributed by atoms with van der Waals surface area (Å²) < 4.78 is 43.4. The number of esters is 1. The molecule has 1 aliphatic heterocycles. The standard InChI is InChI=1S/C20H21F3N4O4S/c1-2-31-18(30)17(29)15-12-32-19(24-15)25-16(28)11-26-6-8-27(9-7-26)14-5-3-4-13(10-14)20(21,22)23/h3-5,10,12H,2,6-9,11H2,1H3,(H,24,25,28). The van der Waals surface area contributed by atoms with Crippen LogP contribution in [0.5, 0.6) is 0 Å². The summed E-state index contributed by atoms with van der Waals surface area (Å²) in [6, 6.07) is 5.18. The van der Waals surface area contributed by atoms with Gasteiger partial charge in [0.15, 0.2) is 5.13 Å². The Morgan fingerprint density at radius 3 is 2.56 bits per heavy atom. The summed E-state index contributed by atoms with van der Waals surface area (Å²) in [6.07, 6.45) is -4.40. The summed E-state index contributed by atoms with van der Waals surface area (Å²) in [5.41, 5.74) is -0.301. The number of hydrogen-bond donors (Lipinski definition) is 1. The average Bonchev–Trinajstić information content (AvgIpc) is 3.21. The quantitative estimate of drug-likeness (QED) is 0.378. The third kappa shape index (κ3) is 6.04. The van der Waals surface area contributed by atoms with Crippen LogP contribution < -0.4 is 10.2 Å². The van der Waals surface area contributed by atoms with Gasteiger partial charge in [0.05, 0.1) is 18.7 Å². The van der Waals surface area contributed by atoms with Crippen LogP contribution >= 0.6 is 11.3 Å². The molecule has 1 amide bonds. The number of benzene rings is 1. The van der Waals surface area contributed by atoms with E-state index >= 15 is 0 Å². The van der Waals surface area contributed by atoms with Gasteiger partial charge in [-0.1, -0.05) is 6.07 Å². The highest BCUT2D eigenvalue weighted by molar-refractivity contribution is 7.14. The molecule has 172 valence electrons. The van der Waals surface area contributed by atoms with Crippen molar-refractivity contribution in [2.24, 2.45) is 0 Å². The lowest BCUT2D eigenvalue weighted by Gasteiger charge is -2.35. The summed E-state index contributed by atoms with van der Waals surface area (Å²) in [4.78, 5) is 43.3. The van der Waals surface area contributed by atoms with Gasteiger partial charge in [0.1, 0.15) is 5.69 Å². The number of nitrogens with zero attached hydrogens (tertiary/aromatic N) is 3. The fraction of sp³-hybridized carbons (Fsp3) is 0.400. The highest BCUT2D eigenvalue weighted by atomic mass is 32.1. The third-order valence-electron chi connectivity index (χ3n) is 4.72. The molecule has 0 saturated carbocycles. The molecule has 1 N–H and O–H groups in total. The number of carbonyl (C=O) groups excluding carboxylic acids is 3. The van der Waals surface area contributed by atoms with Gasteiger partial charge in [-0.3, -0.25) is 14.5 Å². The Morgan fingerprint density at radius 1 is 1.19 bits per heavy atom. The van der Waals surface area contributed by atoms with Crippen molar-refractivity contribution < 1.29 is 32.3 Å². The summed E-state index contributed by atoms with van der Waals surface area (Å²) in [6.45, 7) is 3.66. The molecule has 1 fully saturated rings. The fourth-order valence-electron chi connectivity index (χ4n) is 3.14. The Kier molecular flexibility index (Phi) is 7.46. The SMILES string of the molecule is CCOC(=O)C(=O)c1csc(NC(=O)CN2CCN(c3cccc(C(F)(F)F)c3)CC2)n1. The molecular formula is C20H21F3N4O4S. The van der Waals surface area contributed by atoms with Crippen molar-refractivity contribution in [1.29, 1.82) is 0 Å². The maximum absolute atomic E-state index is 12.9. The Balaban J connectivity index is 1.49. The second kappa shape index (κ2) is 10.1. The molecule has 0 radical (unpaired) electrons. The largest absolute Gasteiger partial charge is 0.460 e. The van der Waals surface area contributed by atoms with Crippen molar-refractivity contribution in [3.05, 3.63) is 40.9 Å². The van der Waals surface area contributed by atoms with Crippen molar-refractivity contribution in [3.8, 4) is 0 Å². The van der Waals surface area contributed by atoms with Gasteiger partial charge in [0.2, 0.25) is 5.91 Å². The molecule has 2 heterocycles. The van der Waals surface area contributed by atoms with Crippen molar-refractivity contribution in [2.75, 3.05) is 49.5 Å². The van der Waals surface area contributed by atoms with Gasteiger partial charge in [0, 0.05) is 37.2 Å². The van der Waals surface area contributed by atoms with Gasteiger partial charge in [-0.2, -0.15) is 13.2 Å². The fourth-order valence-corrected chi connectivity index (χ4v) is 3.85. The van der Waals surface area contributed by atoms with E-state index in [0.717, 1.165) is 23.5 Å². The first kappa shape index (κ1) is 23.7. The van der Waals surface area contributed by atoms with Crippen molar-refractivity contribution >= 4 is 39.8 Å². The first-order valence-corrected chi connectivity index (χ1v) is 10.7. The van der Waals surface area contributed by atoms with E-state index < -0.39 is 23.5 Å². The maximum Gasteiger partial charge on any atom is 0.416 e. The minimum Gasteiger partial charge on any atom is -0.460 e. The molecular weight excluding hydrogens is 449 g/mol. The minimum atomic E-state index is -4.40. The zero-order valence-corrected chi connectivity index (χ0v) is 18.0. The zero-order valence-electron chi connectivity index (χ0n) is 17.1. The van der Waals surface area contributed by atoms with E-state index in [4.69, 9.17) is 0 Å². The first-order chi connectivity index (χ1) is 15.2. The van der Waals surface area contributed by atoms with Crippen LogP contribution in [0.2, 0.25) is 0 Å². The van der Waals surface area contributed by atoms with Gasteiger partial charge < -0.3 is 15.0 Å². The van der Waals surface area contributed by atoms with Crippen LogP contribution in [0.3, 0.4) is 0 Å². The van der Waals surface area contributed by atoms with Gasteiger partial charge in [-0.25, -0.2) is 9.78 Å². The van der Waals surface area contributed by atoms with Crippen LogP contribution in [0.25, 0.3) is 0 Å². The number of alkyl halides is 3. The molecule has 0 spiro atoms. The van der Waals surface area contributed by atoms with Gasteiger partial charge in [-0.15, -0.1) is 11.3 Å². The van der Waals surface area contributed by atoms with Crippen LogP contribution in [0, 0.1) is 0 Å². The topological polar surface area (TPSA) is 91.8 Å². The molecule has 1 aromatic carbocycles. The Bertz CT molecular complexity index is 987. The lowest BCUT2D eigenvalue weighted by molar-refractivity contribution is -0.138. The van der Waals surface area contributed by atoms with Crippen LogP contribution in [-0.4, -0.2) is 66.9 Å². The van der Waals surface area contributed by atoms with Gasteiger partial charge >= 0.3 is 12.1 Å². The number of anilines is 2. The molecule has 0 atom stereocenters. The van der Waals surface area contributed by atoms with E-state index in [2.05, 4.69) is 15.0 Å². The molecule has 0 bridgehead atoms. The van der Waals surface area contributed by atoms with Gasteiger partial charge in [-0.05, 0) is 25.1 Å². The maximum atomic E-state index is 12.9. The summed E-state index contributed by atoms with van der Waals surface area (Å²) in [5, 5.41) is 4.14. The molecule has 1 saturated heterocycles.